The van der Waals surface area contributed by atoms with E-state index in [-0.39, 0.29) is 12.3 Å². The van der Waals surface area contributed by atoms with Crippen molar-refractivity contribution in [2.24, 2.45) is 5.92 Å². The Morgan fingerprint density at radius 2 is 1.73 bits per heavy atom. The maximum atomic E-state index is 10.5. The first-order chi connectivity index (χ1) is 7.10. The highest BCUT2D eigenvalue weighted by molar-refractivity contribution is 5.65. The number of carbonyl (C=O) groups is 1. The molecule has 0 aliphatic heterocycles. The van der Waals surface area contributed by atoms with E-state index >= 15 is 0 Å². The zero-order valence-electron chi connectivity index (χ0n) is 10.1. The Hall–Kier alpha value is -0.610. The SMILES string of the molecule is COC(CC[C@@H](C)CCOC(C)=O)OC. The van der Waals surface area contributed by atoms with E-state index in [1.165, 1.54) is 6.92 Å². The van der Waals surface area contributed by atoms with Gasteiger partial charge in [0.25, 0.3) is 0 Å². The van der Waals surface area contributed by atoms with Crippen molar-refractivity contribution in [2.75, 3.05) is 20.8 Å². The normalized spacial score (nSPS) is 12.9. The van der Waals surface area contributed by atoms with Crippen LogP contribution in [0.3, 0.4) is 0 Å². The van der Waals surface area contributed by atoms with Gasteiger partial charge < -0.3 is 14.2 Å². The van der Waals surface area contributed by atoms with Gasteiger partial charge >= 0.3 is 5.97 Å². The van der Waals surface area contributed by atoms with E-state index in [0.717, 1.165) is 19.3 Å². The first-order valence-electron chi connectivity index (χ1n) is 5.29. The molecular weight excluding hydrogens is 196 g/mol. The highest BCUT2D eigenvalue weighted by Gasteiger charge is 2.09. The molecule has 1 atom stereocenters. The largest absolute Gasteiger partial charge is 0.466 e. The first kappa shape index (κ1) is 14.4. The molecule has 0 unspecified atom stereocenters. The summed E-state index contributed by atoms with van der Waals surface area (Å²) in [5, 5.41) is 0. The molecule has 0 heterocycles. The smallest absolute Gasteiger partial charge is 0.302 e. The number of methoxy groups -OCH3 is 2. The minimum Gasteiger partial charge on any atom is -0.466 e. The summed E-state index contributed by atoms with van der Waals surface area (Å²) in [5.74, 6) is 0.297. The van der Waals surface area contributed by atoms with Crippen LogP contribution < -0.4 is 0 Å². The van der Waals surface area contributed by atoms with E-state index in [9.17, 15) is 4.79 Å². The fourth-order valence-electron chi connectivity index (χ4n) is 1.30. The van der Waals surface area contributed by atoms with Crippen LogP contribution >= 0.6 is 0 Å². The number of esters is 1. The zero-order valence-corrected chi connectivity index (χ0v) is 10.1. The Bertz CT molecular complexity index is 166. The van der Waals surface area contributed by atoms with Gasteiger partial charge in [-0.15, -0.1) is 0 Å². The molecule has 0 aromatic rings. The Morgan fingerprint density at radius 1 is 1.13 bits per heavy atom. The van der Waals surface area contributed by atoms with E-state index in [0.29, 0.717) is 12.5 Å². The average Bonchev–Trinajstić information content (AvgIpc) is 2.18. The second-order valence-electron chi connectivity index (χ2n) is 3.71. The van der Waals surface area contributed by atoms with Crippen molar-refractivity contribution in [3.8, 4) is 0 Å². The molecule has 0 saturated heterocycles. The molecule has 90 valence electrons. The van der Waals surface area contributed by atoms with Gasteiger partial charge in [-0.05, 0) is 25.2 Å². The molecule has 0 fully saturated rings. The highest BCUT2D eigenvalue weighted by Crippen LogP contribution is 2.13. The van der Waals surface area contributed by atoms with E-state index in [2.05, 4.69) is 6.92 Å². The van der Waals surface area contributed by atoms with Gasteiger partial charge in [0.2, 0.25) is 0 Å². The van der Waals surface area contributed by atoms with Gasteiger partial charge in [0.1, 0.15) is 0 Å². The Labute approximate surface area is 91.9 Å². The second-order valence-corrected chi connectivity index (χ2v) is 3.71. The third-order valence-electron chi connectivity index (χ3n) is 2.34. The lowest BCUT2D eigenvalue weighted by Gasteiger charge is -2.16. The molecule has 0 aliphatic rings. The topological polar surface area (TPSA) is 44.8 Å². The fraction of sp³-hybridized carbons (Fsp3) is 0.909. The van der Waals surface area contributed by atoms with Crippen LogP contribution in [-0.2, 0) is 19.0 Å². The molecule has 0 aliphatic carbocycles. The van der Waals surface area contributed by atoms with Crippen LogP contribution in [0, 0.1) is 5.92 Å². The van der Waals surface area contributed by atoms with Crippen molar-refractivity contribution in [1.82, 2.24) is 0 Å². The number of hydrogen-bond acceptors (Lipinski definition) is 4. The van der Waals surface area contributed by atoms with Crippen molar-refractivity contribution in [3.63, 3.8) is 0 Å². The van der Waals surface area contributed by atoms with E-state index in [4.69, 9.17) is 14.2 Å². The first-order valence-corrected chi connectivity index (χ1v) is 5.29. The summed E-state index contributed by atoms with van der Waals surface area (Å²) < 4.78 is 15.0. The summed E-state index contributed by atoms with van der Waals surface area (Å²) in [4.78, 5) is 10.5. The summed E-state index contributed by atoms with van der Waals surface area (Å²) in [6.45, 7) is 4.06. The third kappa shape index (κ3) is 8.39. The van der Waals surface area contributed by atoms with E-state index in [1.807, 2.05) is 0 Å². The van der Waals surface area contributed by atoms with Crippen molar-refractivity contribution in [1.29, 1.82) is 0 Å². The lowest BCUT2D eigenvalue weighted by atomic mass is 10.0. The number of hydrogen-bond donors (Lipinski definition) is 0. The van der Waals surface area contributed by atoms with Crippen LogP contribution in [0.25, 0.3) is 0 Å². The van der Waals surface area contributed by atoms with Gasteiger partial charge in [0.05, 0.1) is 6.61 Å². The number of rotatable bonds is 8. The molecule has 0 aromatic heterocycles. The zero-order chi connectivity index (χ0) is 11.7. The van der Waals surface area contributed by atoms with E-state index in [1.54, 1.807) is 14.2 Å². The lowest BCUT2D eigenvalue weighted by molar-refractivity contribution is -0.141. The van der Waals surface area contributed by atoms with Crippen LogP contribution in [0.1, 0.15) is 33.1 Å². The monoisotopic (exact) mass is 218 g/mol. The second kappa shape index (κ2) is 8.68. The number of ether oxygens (including phenoxy) is 3. The summed E-state index contributed by atoms with van der Waals surface area (Å²) in [5.41, 5.74) is 0. The fourth-order valence-corrected chi connectivity index (χ4v) is 1.30. The standard InChI is InChI=1S/C11H22O4/c1-9(7-8-15-10(2)12)5-6-11(13-3)14-4/h9,11H,5-8H2,1-4H3/t9-/m1/s1. The van der Waals surface area contributed by atoms with Crippen molar-refractivity contribution in [2.45, 2.75) is 39.4 Å². The summed E-state index contributed by atoms with van der Waals surface area (Å²) in [6, 6.07) is 0. The van der Waals surface area contributed by atoms with E-state index < -0.39 is 0 Å². The van der Waals surface area contributed by atoms with Gasteiger partial charge in [0.15, 0.2) is 6.29 Å². The Balaban J connectivity index is 3.47. The van der Waals surface area contributed by atoms with Crippen LogP contribution in [0.15, 0.2) is 0 Å². The predicted octanol–water partition coefficient (Wildman–Crippen LogP) is 1.97. The summed E-state index contributed by atoms with van der Waals surface area (Å²) >= 11 is 0. The molecule has 0 bridgehead atoms. The molecule has 4 nitrogen and oxygen atoms in total. The minimum absolute atomic E-state index is 0.124. The quantitative estimate of drug-likeness (QED) is 0.461. The third-order valence-corrected chi connectivity index (χ3v) is 2.34. The van der Waals surface area contributed by atoms with Gasteiger partial charge in [-0.1, -0.05) is 6.92 Å². The van der Waals surface area contributed by atoms with Crippen LogP contribution in [0.2, 0.25) is 0 Å². The van der Waals surface area contributed by atoms with Gasteiger partial charge in [-0.3, -0.25) is 4.79 Å². The molecule has 0 spiro atoms. The molecule has 0 radical (unpaired) electrons. The maximum absolute atomic E-state index is 10.5. The molecule has 0 aromatic carbocycles. The van der Waals surface area contributed by atoms with Crippen LogP contribution in [0.5, 0.6) is 0 Å². The Morgan fingerprint density at radius 3 is 2.20 bits per heavy atom. The molecular formula is C11H22O4. The van der Waals surface area contributed by atoms with Gasteiger partial charge in [-0.25, -0.2) is 0 Å². The van der Waals surface area contributed by atoms with Crippen molar-refractivity contribution >= 4 is 5.97 Å². The molecule has 15 heavy (non-hydrogen) atoms. The molecule has 0 N–H and O–H groups in total. The predicted molar refractivity (Wildman–Crippen MR) is 57.5 cm³/mol. The molecule has 0 rings (SSSR count). The lowest BCUT2D eigenvalue weighted by Crippen LogP contribution is -2.14. The van der Waals surface area contributed by atoms with Crippen LogP contribution in [0.4, 0.5) is 0 Å². The molecule has 4 heteroatoms. The summed E-state index contributed by atoms with van der Waals surface area (Å²) in [6.07, 6.45) is 2.64. The van der Waals surface area contributed by atoms with Crippen molar-refractivity contribution < 1.29 is 19.0 Å². The van der Waals surface area contributed by atoms with Gasteiger partial charge in [-0.2, -0.15) is 0 Å². The molecule has 0 saturated carbocycles. The van der Waals surface area contributed by atoms with Gasteiger partial charge in [0, 0.05) is 21.1 Å². The minimum atomic E-state index is -0.214. The Kier molecular flexibility index (Phi) is 8.33. The number of carbonyl (C=O) groups excluding carboxylic acids is 1. The van der Waals surface area contributed by atoms with Crippen LogP contribution in [-0.4, -0.2) is 33.1 Å². The highest BCUT2D eigenvalue weighted by atomic mass is 16.7. The van der Waals surface area contributed by atoms with Crippen molar-refractivity contribution in [3.05, 3.63) is 0 Å². The summed E-state index contributed by atoms with van der Waals surface area (Å²) in [7, 11) is 3.27. The molecule has 0 amide bonds. The average molecular weight is 218 g/mol. The maximum Gasteiger partial charge on any atom is 0.302 e.